The Morgan fingerprint density at radius 1 is 1.17 bits per heavy atom. The highest BCUT2D eigenvalue weighted by molar-refractivity contribution is 5.79. The molecule has 138 valence electrons. The number of carbonyl (C=O) groups excluding carboxylic acids is 1. The molecule has 1 saturated carbocycles. The Hall–Kier alpha value is -0.650. The molecule has 24 heavy (non-hydrogen) atoms. The number of morpholine rings is 1. The van der Waals surface area contributed by atoms with Gasteiger partial charge in [0.05, 0.1) is 18.8 Å². The molecule has 3 aliphatic rings. The predicted molar refractivity (Wildman–Crippen MR) is 93.8 cm³/mol. The Kier molecular flexibility index (Phi) is 6.17. The fourth-order valence-corrected chi connectivity index (χ4v) is 4.59. The van der Waals surface area contributed by atoms with Crippen molar-refractivity contribution in [2.24, 2.45) is 5.92 Å². The Morgan fingerprint density at radius 2 is 1.83 bits per heavy atom. The molecule has 5 nitrogen and oxygen atoms in total. The van der Waals surface area contributed by atoms with E-state index in [-0.39, 0.29) is 24.2 Å². The standard InChI is InChI=1S/C19H34N2O3/c1-16(14-22)21-12-13-24-19(15-21)8-10-20(11-9-19)18(23)17-6-4-2-3-5-7-17/h16-17,22H,2-15H2,1H3. The van der Waals surface area contributed by atoms with Crippen molar-refractivity contribution in [1.29, 1.82) is 0 Å². The van der Waals surface area contributed by atoms with Crippen LogP contribution in [0.25, 0.3) is 0 Å². The van der Waals surface area contributed by atoms with E-state index in [4.69, 9.17) is 4.74 Å². The first-order valence-corrected chi connectivity index (χ1v) is 9.91. The number of aliphatic hydroxyl groups excluding tert-OH is 1. The minimum absolute atomic E-state index is 0.109. The van der Waals surface area contributed by atoms with E-state index in [1.165, 1.54) is 25.7 Å². The Balaban J connectivity index is 1.53. The maximum Gasteiger partial charge on any atom is 0.225 e. The zero-order valence-corrected chi connectivity index (χ0v) is 15.2. The smallest absolute Gasteiger partial charge is 0.225 e. The van der Waals surface area contributed by atoms with Gasteiger partial charge in [-0.3, -0.25) is 9.69 Å². The highest BCUT2D eigenvalue weighted by Gasteiger charge is 2.42. The summed E-state index contributed by atoms with van der Waals surface area (Å²) in [6.07, 6.45) is 9.04. The van der Waals surface area contributed by atoms with Crippen LogP contribution in [-0.4, -0.2) is 71.8 Å². The van der Waals surface area contributed by atoms with Gasteiger partial charge in [-0.15, -0.1) is 0 Å². The molecule has 1 amide bonds. The molecule has 5 heteroatoms. The van der Waals surface area contributed by atoms with Crippen molar-refractivity contribution < 1.29 is 14.6 Å². The number of amides is 1. The highest BCUT2D eigenvalue weighted by atomic mass is 16.5. The van der Waals surface area contributed by atoms with Gasteiger partial charge in [-0.05, 0) is 32.6 Å². The van der Waals surface area contributed by atoms with E-state index < -0.39 is 0 Å². The van der Waals surface area contributed by atoms with Crippen LogP contribution in [-0.2, 0) is 9.53 Å². The quantitative estimate of drug-likeness (QED) is 0.800. The van der Waals surface area contributed by atoms with Crippen molar-refractivity contribution in [1.82, 2.24) is 9.80 Å². The summed E-state index contributed by atoms with van der Waals surface area (Å²) in [4.78, 5) is 17.3. The van der Waals surface area contributed by atoms with Crippen LogP contribution in [0.4, 0.5) is 0 Å². The molecule has 3 fully saturated rings. The van der Waals surface area contributed by atoms with Crippen molar-refractivity contribution >= 4 is 5.91 Å². The van der Waals surface area contributed by atoms with E-state index in [1.54, 1.807) is 0 Å². The van der Waals surface area contributed by atoms with Gasteiger partial charge in [-0.1, -0.05) is 25.7 Å². The predicted octanol–water partition coefficient (Wildman–Crippen LogP) is 2.03. The van der Waals surface area contributed by atoms with Gasteiger partial charge in [0.25, 0.3) is 0 Å². The summed E-state index contributed by atoms with van der Waals surface area (Å²) in [5, 5.41) is 9.42. The zero-order chi connectivity index (χ0) is 17.0. The SMILES string of the molecule is CC(CO)N1CCOC2(CCN(C(=O)C3CCCCCC3)CC2)C1. The molecule has 1 atom stereocenters. The van der Waals surface area contributed by atoms with Crippen LogP contribution >= 0.6 is 0 Å². The summed E-state index contributed by atoms with van der Waals surface area (Å²) < 4.78 is 6.16. The number of nitrogens with zero attached hydrogens (tertiary/aromatic N) is 2. The highest BCUT2D eigenvalue weighted by Crippen LogP contribution is 2.32. The van der Waals surface area contributed by atoms with Crippen LogP contribution in [0.1, 0.15) is 58.3 Å². The fraction of sp³-hybridized carbons (Fsp3) is 0.947. The molecule has 1 unspecified atom stereocenters. The second-order valence-electron chi connectivity index (χ2n) is 8.05. The van der Waals surface area contributed by atoms with E-state index in [0.717, 1.165) is 58.5 Å². The number of likely N-dealkylation sites (tertiary alicyclic amines) is 1. The Labute approximate surface area is 146 Å². The van der Waals surface area contributed by atoms with Gasteiger partial charge in [0, 0.05) is 38.1 Å². The first kappa shape index (κ1) is 18.2. The zero-order valence-electron chi connectivity index (χ0n) is 15.2. The summed E-state index contributed by atoms with van der Waals surface area (Å²) in [6, 6.07) is 0.191. The number of piperidine rings is 1. The topological polar surface area (TPSA) is 53.0 Å². The molecule has 0 aromatic rings. The van der Waals surface area contributed by atoms with E-state index in [1.807, 2.05) is 0 Å². The minimum atomic E-state index is -0.109. The molecule has 0 aromatic carbocycles. The normalized spacial score (nSPS) is 27.8. The van der Waals surface area contributed by atoms with Crippen molar-refractivity contribution in [2.75, 3.05) is 39.4 Å². The molecule has 1 N–H and O–H groups in total. The largest absolute Gasteiger partial charge is 0.395 e. The van der Waals surface area contributed by atoms with Gasteiger partial charge >= 0.3 is 0 Å². The average molecular weight is 338 g/mol. The maximum atomic E-state index is 12.8. The van der Waals surface area contributed by atoms with E-state index >= 15 is 0 Å². The second-order valence-corrected chi connectivity index (χ2v) is 8.05. The molecule has 1 aliphatic carbocycles. The summed E-state index contributed by atoms with van der Waals surface area (Å²) in [5.41, 5.74) is -0.109. The summed E-state index contributed by atoms with van der Waals surface area (Å²) >= 11 is 0. The van der Waals surface area contributed by atoms with E-state index in [2.05, 4.69) is 16.7 Å². The van der Waals surface area contributed by atoms with Gasteiger partial charge in [0.15, 0.2) is 0 Å². The molecule has 0 bridgehead atoms. The fourth-order valence-electron chi connectivity index (χ4n) is 4.59. The lowest BCUT2D eigenvalue weighted by Crippen LogP contribution is -2.59. The van der Waals surface area contributed by atoms with Crippen LogP contribution in [0.2, 0.25) is 0 Å². The first-order chi connectivity index (χ1) is 11.6. The third kappa shape index (κ3) is 4.12. The minimum Gasteiger partial charge on any atom is -0.395 e. The van der Waals surface area contributed by atoms with Gasteiger partial charge < -0.3 is 14.7 Å². The van der Waals surface area contributed by atoms with Crippen LogP contribution in [0.15, 0.2) is 0 Å². The van der Waals surface area contributed by atoms with Crippen LogP contribution in [0, 0.1) is 5.92 Å². The number of hydrogen-bond acceptors (Lipinski definition) is 4. The molecule has 3 rings (SSSR count). The number of hydrogen-bond donors (Lipinski definition) is 1. The molecule has 1 spiro atoms. The molecular formula is C19H34N2O3. The van der Waals surface area contributed by atoms with Crippen molar-refractivity contribution in [3.05, 3.63) is 0 Å². The van der Waals surface area contributed by atoms with Gasteiger partial charge in [0.1, 0.15) is 0 Å². The molecule has 0 aromatic heterocycles. The van der Waals surface area contributed by atoms with Gasteiger partial charge in [0.2, 0.25) is 5.91 Å². The Morgan fingerprint density at radius 3 is 2.46 bits per heavy atom. The lowest BCUT2D eigenvalue weighted by Gasteiger charge is -2.48. The number of aliphatic hydroxyl groups is 1. The van der Waals surface area contributed by atoms with Gasteiger partial charge in [-0.2, -0.15) is 0 Å². The molecule has 2 aliphatic heterocycles. The summed E-state index contributed by atoms with van der Waals surface area (Å²) in [6.45, 7) is 6.45. The monoisotopic (exact) mass is 338 g/mol. The second kappa shape index (κ2) is 8.15. The van der Waals surface area contributed by atoms with E-state index in [0.29, 0.717) is 5.91 Å². The number of ether oxygens (including phenoxy) is 1. The van der Waals surface area contributed by atoms with Crippen LogP contribution in [0.3, 0.4) is 0 Å². The molecular weight excluding hydrogens is 304 g/mol. The van der Waals surface area contributed by atoms with Crippen molar-refractivity contribution in [2.45, 2.75) is 69.9 Å². The number of rotatable bonds is 3. The van der Waals surface area contributed by atoms with Crippen molar-refractivity contribution in [3.8, 4) is 0 Å². The lowest BCUT2D eigenvalue weighted by molar-refractivity contribution is -0.157. The van der Waals surface area contributed by atoms with Crippen molar-refractivity contribution in [3.63, 3.8) is 0 Å². The first-order valence-electron chi connectivity index (χ1n) is 9.91. The summed E-state index contributed by atoms with van der Waals surface area (Å²) in [5.74, 6) is 0.655. The average Bonchev–Trinajstić information content (AvgIpc) is 2.90. The Bertz CT molecular complexity index is 413. The van der Waals surface area contributed by atoms with Crippen LogP contribution < -0.4 is 0 Å². The van der Waals surface area contributed by atoms with E-state index in [9.17, 15) is 9.90 Å². The maximum absolute atomic E-state index is 12.8. The molecule has 2 heterocycles. The molecule has 0 radical (unpaired) electrons. The number of carbonyl (C=O) groups is 1. The summed E-state index contributed by atoms with van der Waals surface area (Å²) in [7, 11) is 0. The van der Waals surface area contributed by atoms with Crippen LogP contribution in [0.5, 0.6) is 0 Å². The third-order valence-corrected chi connectivity index (χ3v) is 6.36. The molecule has 2 saturated heterocycles. The van der Waals surface area contributed by atoms with Gasteiger partial charge in [-0.25, -0.2) is 0 Å². The third-order valence-electron chi connectivity index (χ3n) is 6.36. The lowest BCUT2D eigenvalue weighted by atomic mass is 9.87.